The Labute approximate surface area is 147 Å². The Balaban J connectivity index is 1.67. The SMILES string of the molecule is O=C(CN1c2cccc3cccc(c23)S1(=O)=O)Nc1cc(F)cc(F)c1. The van der Waals surface area contributed by atoms with Crippen LogP contribution < -0.4 is 9.62 Å². The Morgan fingerprint density at radius 2 is 1.65 bits per heavy atom. The first-order chi connectivity index (χ1) is 12.4. The van der Waals surface area contributed by atoms with Crippen molar-refractivity contribution >= 4 is 38.1 Å². The average Bonchev–Trinajstić information content (AvgIpc) is 2.77. The van der Waals surface area contributed by atoms with Crippen LogP contribution in [-0.4, -0.2) is 20.9 Å². The fourth-order valence-corrected chi connectivity index (χ4v) is 4.75. The maximum absolute atomic E-state index is 13.2. The Bertz CT molecular complexity index is 1140. The van der Waals surface area contributed by atoms with Gasteiger partial charge in [0, 0.05) is 17.1 Å². The van der Waals surface area contributed by atoms with Crippen LogP contribution in [0.5, 0.6) is 0 Å². The molecular weight excluding hydrogens is 362 g/mol. The summed E-state index contributed by atoms with van der Waals surface area (Å²) >= 11 is 0. The number of hydrogen-bond donors (Lipinski definition) is 1. The number of anilines is 2. The van der Waals surface area contributed by atoms with Crippen LogP contribution in [-0.2, 0) is 14.8 Å². The summed E-state index contributed by atoms with van der Waals surface area (Å²) in [6.45, 7) is -0.506. The molecule has 0 aliphatic carbocycles. The lowest BCUT2D eigenvalue weighted by Crippen LogP contribution is -2.35. The van der Waals surface area contributed by atoms with E-state index < -0.39 is 34.1 Å². The van der Waals surface area contributed by atoms with E-state index >= 15 is 0 Å². The van der Waals surface area contributed by atoms with Gasteiger partial charge in [-0.05, 0) is 29.7 Å². The molecule has 0 atom stereocenters. The lowest BCUT2D eigenvalue weighted by Gasteiger charge is -2.18. The standard InChI is InChI=1S/C18H12F2N2O3S/c19-12-7-13(20)9-14(8-12)21-17(23)10-22-15-5-1-3-11-4-2-6-16(18(11)15)26(22,24)25/h1-9H,10H2,(H,21,23). The van der Waals surface area contributed by atoms with Crippen molar-refractivity contribution in [3.05, 3.63) is 66.2 Å². The van der Waals surface area contributed by atoms with Crippen LogP contribution in [0, 0.1) is 11.6 Å². The topological polar surface area (TPSA) is 66.5 Å². The maximum Gasteiger partial charge on any atom is 0.265 e. The Hall–Kier alpha value is -3.00. The molecule has 1 aliphatic rings. The molecule has 0 bridgehead atoms. The zero-order valence-corrected chi connectivity index (χ0v) is 14.1. The number of carbonyl (C=O) groups is 1. The molecule has 1 aliphatic heterocycles. The number of hydrogen-bond acceptors (Lipinski definition) is 3. The number of nitrogens with one attached hydrogen (secondary N) is 1. The van der Waals surface area contributed by atoms with Crippen LogP contribution in [0.3, 0.4) is 0 Å². The summed E-state index contributed by atoms with van der Waals surface area (Å²) in [6, 6.07) is 12.6. The van der Waals surface area contributed by atoms with Crippen molar-refractivity contribution < 1.29 is 22.0 Å². The van der Waals surface area contributed by atoms with Crippen LogP contribution in [0.1, 0.15) is 0 Å². The quantitative estimate of drug-likeness (QED) is 0.765. The number of sulfonamides is 1. The molecule has 1 N–H and O–H groups in total. The number of nitrogens with zero attached hydrogens (tertiary/aromatic N) is 1. The van der Waals surface area contributed by atoms with E-state index in [-0.39, 0.29) is 10.6 Å². The molecular formula is C18H12F2N2O3S. The van der Waals surface area contributed by atoms with Gasteiger partial charge in [-0.15, -0.1) is 0 Å². The van der Waals surface area contributed by atoms with Crippen molar-refractivity contribution in [2.45, 2.75) is 4.90 Å². The van der Waals surface area contributed by atoms with Crippen LogP contribution >= 0.6 is 0 Å². The first-order valence-electron chi connectivity index (χ1n) is 7.67. The van der Waals surface area contributed by atoms with Gasteiger partial charge in [0.1, 0.15) is 18.2 Å². The molecule has 0 radical (unpaired) electrons. The van der Waals surface area contributed by atoms with Gasteiger partial charge in [0.15, 0.2) is 0 Å². The molecule has 1 heterocycles. The molecule has 0 unspecified atom stereocenters. The van der Waals surface area contributed by atoms with Crippen molar-refractivity contribution in [1.29, 1.82) is 0 Å². The summed E-state index contributed by atoms with van der Waals surface area (Å²) in [5.74, 6) is -2.39. The molecule has 3 aromatic carbocycles. The van der Waals surface area contributed by atoms with Crippen molar-refractivity contribution in [2.24, 2.45) is 0 Å². The molecule has 0 fully saturated rings. The minimum absolute atomic E-state index is 0.0835. The summed E-state index contributed by atoms with van der Waals surface area (Å²) < 4.78 is 53.0. The number of halogens is 2. The van der Waals surface area contributed by atoms with E-state index in [9.17, 15) is 22.0 Å². The fraction of sp³-hybridized carbons (Fsp3) is 0.0556. The van der Waals surface area contributed by atoms with Crippen LogP contribution in [0.2, 0.25) is 0 Å². The summed E-state index contributed by atoms with van der Waals surface area (Å²) in [5, 5.41) is 3.63. The molecule has 26 heavy (non-hydrogen) atoms. The van der Waals surface area contributed by atoms with E-state index in [1.807, 2.05) is 0 Å². The molecule has 8 heteroatoms. The molecule has 132 valence electrons. The second-order valence-electron chi connectivity index (χ2n) is 5.85. The molecule has 0 aromatic heterocycles. The third-order valence-corrected chi connectivity index (χ3v) is 5.92. The number of carbonyl (C=O) groups excluding carboxylic acids is 1. The molecule has 0 spiro atoms. The molecule has 5 nitrogen and oxygen atoms in total. The van der Waals surface area contributed by atoms with E-state index in [0.29, 0.717) is 17.1 Å². The average molecular weight is 374 g/mol. The van der Waals surface area contributed by atoms with Crippen molar-refractivity contribution in [1.82, 2.24) is 0 Å². The smallest absolute Gasteiger partial charge is 0.265 e. The highest BCUT2D eigenvalue weighted by molar-refractivity contribution is 7.93. The number of amides is 1. The monoisotopic (exact) mass is 374 g/mol. The second-order valence-corrected chi connectivity index (χ2v) is 7.68. The van der Waals surface area contributed by atoms with E-state index in [0.717, 1.165) is 21.8 Å². The van der Waals surface area contributed by atoms with Crippen LogP contribution in [0.25, 0.3) is 10.8 Å². The predicted octanol–water partition coefficient (Wildman–Crippen LogP) is 3.27. The van der Waals surface area contributed by atoms with Crippen molar-refractivity contribution in [3.8, 4) is 0 Å². The zero-order valence-electron chi connectivity index (χ0n) is 13.2. The van der Waals surface area contributed by atoms with Crippen LogP contribution in [0.4, 0.5) is 20.2 Å². The highest BCUT2D eigenvalue weighted by Gasteiger charge is 2.36. The van der Waals surface area contributed by atoms with Gasteiger partial charge in [0.05, 0.1) is 10.6 Å². The highest BCUT2D eigenvalue weighted by Crippen LogP contribution is 2.41. The predicted molar refractivity (Wildman–Crippen MR) is 93.5 cm³/mol. The van der Waals surface area contributed by atoms with Crippen molar-refractivity contribution in [2.75, 3.05) is 16.2 Å². The Morgan fingerprint density at radius 1 is 1.00 bits per heavy atom. The van der Waals surface area contributed by atoms with Gasteiger partial charge in [0.2, 0.25) is 5.91 Å². The minimum Gasteiger partial charge on any atom is -0.324 e. The zero-order chi connectivity index (χ0) is 18.5. The van der Waals surface area contributed by atoms with Gasteiger partial charge in [-0.2, -0.15) is 0 Å². The van der Waals surface area contributed by atoms with Crippen LogP contribution in [0.15, 0.2) is 59.5 Å². The summed E-state index contributed by atoms with van der Waals surface area (Å²) in [6.07, 6.45) is 0. The van der Waals surface area contributed by atoms with Gasteiger partial charge in [-0.25, -0.2) is 17.2 Å². The first-order valence-corrected chi connectivity index (χ1v) is 9.11. The third kappa shape index (κ3) is 2.59. The summed E-state index contributed by atoms with van der Waals surface area (Å²) in [4.78, 5) is 12.4. The maximum atomic E-state index is 13.2. The fourth-order valence-electron chi connectivity index (χ4n) is 3.09. The van der Waals surface area contributed by atoms with Gasteiger partial charge in [-0.1, -0.05) is 24.3 Å². The number of benzene rings is 3. The molecule has 3 aromatic rings. The van der Waals surface area contributed by atoms with Gasteiger partial charge >= 0.3 is 0 Å². The third-order valence-electron chi connectivity index (χ3n) is 4.11. The molecule has 0 saturated heterocycles. The van der Waals surface area contributed by atoms with E-state index in [1.54, 1.807) is 30.3 Å². The minimum atomic E-state index is -3.88. The molecule has 4 rings (SSSR count). The number of rotatable bonds is 3. The lowest BCUT2D eigenvalue weighted by atomic mass is 10.1. The summed E-state index contributed by atoms with van der Waals surface area (Å²) in [7, 11) is -3.88. The van der Waals surface area contributed by atoms with Gasteiger partial charge < -0.3 is 5.32 Å². The van der Waals surface area contributed by atoms with E-state index in [2.05, 4.69) is 5.32 Å². The normalized spacial score (nSPS) is 14.6. The van der Waals surface area contributed by atoms with Gasteiger partial charge in [-0.3, -0.25) is 9.10 Å². The molecule has 0 saturated carbocycles. The van der Waals surface area contributed by atoms with Crippen molar-refractivity contribution in [3.63, 3.8) is 0 Å². The Morgan fingerprint density at radius 3 is 2.35 bits per heavy atom. The summed E-state index contributed by atoms with van der Waals surface area (Å²) in [5.41, 5.74) is 0.318. The largest absolute Gasteiger partial charge is 0.324 e. The lowest BCUT2D eigenvalue weighted by molar-refractivity contribution is -0.114. The van der Waals surface area contributed by atoms with E-state index in [4.69, 9.17) is 0 Å². The highest BCUT2D eigenvalue weighted by atomic mass is 32.2. The Kier molecular flexibility index (Phi) is 3.66. The second kappa shape index (κ2) is 5.77. The molecule has 1 amide bonds. The van der Waals surface area contributed by atoms with Gasteiger partial charge in [0.25, 0.3) is 10.0 Å². The van der Waals surface area contributed by atoms with E-state index in [1.165, 1.54) is 6.07 Å². The first kappa shape index (κ1) is 16.5.